The molecule has 2 saturated carbocycles. The smallest absolute Gasteiger partial charge is 0.209 e. The highest BCUT2D eigenvalue weighted by Crippen LogP contribution is 2.42. The molecule has 2 bridgehead atoms. The van der Waals surface area contributed by atoms with Gasteiger partial charge in [-0.25, -0.2) is 17.5 Å². The Kier molecular flexibility index (Phi) is 5.96. The Morgan fingerprint density at radius 1 is 1.13 bits per heavy atom. The second kappa shape index (κ2) is 8.23. The van der Waals surface area contributed by atoms with Crippen molar-refractivity contribution in [2.75, 3.05) is 6.26 Å². The Morgan fingerprint density at radius 3 is 2.57 bits per heavy atom. The van der Waals surface area contributed by atoms with Gasteiger partial charge >= 0.3 is 0 Å². The number of rotatable bonds is 6. The molecule has 0 amide bonds. The predicted molar refractivity (Wildman–Crippen MR) is 120 cm³/mol. The molecule has 2 saturated heterocycles. The standard InChI is InChI=1S/C23H27FN2O2S.ClH/c1-29(27,28)26-23-18-11-19(12-18)25-21(23)13-17-6-3-7-20(22(17)24)16-5-2-4-15(10-16)14-8-9-14;/h2-7,10,14,18-19,21,23,25-26H,8-9,11-13H2,1H3;1H/t18?,19?,21-,23-;/m0./s1. The number of halogens is 2. The minimum absolute atomic E-state index is 0. The van der Waals surface area contributed by atoms with Gasteiger partial charge in [0, 0.05) is 23.7 Å². The first-order chi connectivity index (χ1) is 13.9. The van der Waals surface area contributed by atoms with Gasteiger partial charge in [-0.3, -0.25) is 0 Å². The summed E-state index contributed by atoms with van der Waals surface area (Å²) in [7, 11) is -3.31. The largest absolute Gasteiger partial charge is 0.309 e. The van der Waals surface area contributed by atoms with Crippen LogP contribution >= 0.6 is 12.4 Å². The number of fused-ring (bicyclic) bond motifs is 2. The molecule has 7 heteroatoms. The van der Waals surface area contributed by atoms with Crippen molar-refractivity contribution in [3.63, 3.8) is 0 Å². The van der Waals surface area contributed by atoms with E-state index < -0.39 is 10.0 Å². The lowest BCUT2D eigenvalue weighted by atomic mass is 9.68. The highest BCUT2D eigenvalue weighted by molar-refractivity contribution is 7.88. The fourth-order valence-electron chi connectivity index (χ4n) is 5.01. The van der Waals surface area contributed by atoms with E-state index in [9.17, 15) is 8.42 Å². The molecule has 2 aromatic carbocycles. The van der Waals surface area contributed by atoms with E-state index in [1.807, 2.05) is 30.3 Å². The fourth-order valence-corrected chi connectivity index (χ4v) is 5.86. The first kappa shape index (κ1) is 21.8. The van der Waals surface area contributed by atoms with Crippen LogP contribution in [-0.2, 0) is 16.4 Å². The maximum atomic E-state index is 15.5. The van der Waals surface area contributed by atoms with Crippen LogP contribution in [0.15, 0.2) is 42.5 Å². The van der Waals surface area contributed by atoms with E-state index >= 15 is 4.39 Å². The Morgan fingerprint density at radius 2 is 1.87 bits per heavy atom. The van der Waals surface area contributed by atoms with Gasteiger partial charge in [0.25, 0.3) is 0 Å². The number of hydrogen-bond donors (Lipinski definition) is 2. The zero-order chi connectivity index (χ0) is 20.2. The van der Waals surface area contributed by atoms with E-state index in [4.69, 9.17) is 0 Å². The van der Waals surface area contributed by atoms with Gasteiger partial charge < -0.3 is 5.32 Å². The van der Waals surface area contributed by atoms with Crippen molar-refractivity contribution in [1.82, 2.24) is 10.0 Å². The molecule has 2 aliphatic heterocycles. The van der Waals surface area contributed by atoms with E-state index in [1.165, 1.54) is 24.7 Å². The van der Waals surface area contributed by atoms with Crippen LogP contribution in [0.25, 0.3) is 11.1 Å². The molecule has 2 N–H and O–H groups in total. The Balaban J connectivity index is 0.00000218. The third-order valence-corrected chi connectivity index (χ3v) is 7.38. The molecule has 30 heavy (non-hydrogen) atoms. The van der Waals surface area contributed by atoms with E-state index in [0.717, 1.165) is 18.4 Å². The summed E-state index contributed by atoms with van der Waals surface area (Å²) in [5.74, 6) is 0.768. The highest BCUT2D eigenvalue weighted by atomic mass is 35.5. The van der Waals surface area contributed by atoms with Crippen molar-refractivity contribution in [2.24, 2.45) is 5.92 Å². The molecule has 4 aliphatic rings. The van der Waals surface area contributed by atoms with E-state index in [1.54, 1.807) is 0 Å². The SMILES string of the molecule is CS(=O)(=O)N[C@H]1C2CC(C2)N[C@H]1Cc1cccc(-c2cccc(C3CC3)c2)c1F.Cl. The molecule has 162 valence electrons. The Labute approximate surface area is 184 Å². The summed E-state index contributed by atoms with van der Waals surface area (Å²) < 4.78 is 42.0. The lowest BCUT2D eigenvalue weighted by Crippen LogP contribution is -2.67. The number of sulfonamides is 1. The van der Waals surface area contributed by atoms with Crippen LogP contribution in [0.3, 0.4) is 0 Å². The second-order valence-electron chi connectivity index (χ2n) is 9.00. The van der Waals surface area contributed by atoms with Crippen molar-refractivity contribution >= 4 is 22.4 Å². The molecule has 4 nitrogen and oxygen atoms in total. The molecule has 4 fully saturated rings. The summed E-state index contributed by atoms with van der Waals surface area (Å²) in [4.78, 5) is 0. The molecular formula is C23H28ClFN2O2S. The van der Waals surface area contributed by atoms with Crippen LogP contribution < -0.4 is 10.0 Å². The van der Waals surface area contributed by atoms with Crippen molar-refractivity contribution in [3.8, 4) is 11.1 Å². The van der Waals surface area contributed by atoms with Crippen LogP contribution in [0.4, 0.5) is 4.39 Å². The Hall–Kier alpha value is -1.47. The molecule has 0 unspecified atom stereocenters. The van der Waals surface area contributed by atoms with Crippen LogP contribution in [0.2, 0.25) is 0 Å². The number of benzene rings is 2. The zero-order valence-electron chi connectivity index (χ0n) is 17.0. The lowest BCUT2D eigenvalue weighted by Gasteiger charge is -2.52. The van der Waals surface area contributed by atoms with E-state index in [-0.39, 0.29) is 30.3 Å². The van der Waals surface area contributed by atoms with Gasteiger partial charge in [-0.2, -0.15) is 0 Å². The summed E-state index contributed by atoms with van der Waals surface area (Å²) in [5.41, 5.74) is 3.47. The van der Waals surface area contributed by atoms with Gasteiger partial charge in [0.15, 0.2) is 0 Å². The molecule has 2 atom stereocenters. The van der Waals surface area contributed by atoms with Crippen molar-refractivity contribution < 1.29 is 12.8 Å². The molecule has 6 rings (SSSR count). The lowest BCUT2D eigenvalue weighted by molar-refractivity contribution is 0.0809. The number of piperidine rings is 2. The quantitative estimate of drug-likeness (QED) is 0.699. The van der Waals surface area contributed by atoms with Crippen LogP contribution in [0.1, 0.15) is 42.7 Å². The van der Waals surface area contributed by atoms with Gasteiger partial charge in [-0.15, -0.1) is 12.4 Å². The van der Waals surface area contributed by atoms with Crippen LogP contribution in [0, 0.1) is 11.7 Å². The van der Waals surface area contributed by atoms with Crippen LogP contribution in [-0.4, -0.2) is 32.8 Å². The van der Waals surface area contributed by atoms with Gasteiger partial charge in [0.05, 0.1) is 6.26 Å². The van der Waals surface area contributed by atoms with Gasteiger partial charge in [0.1, 0.15) is 5.82 Å². The summed E-state index contributed by atoms with van der Waals surface area (Å²) in [5, 5.41) is 3.53. The van der Waals surface area contributed by atoms with Gasteiger partial charge in [-0.05, 0) is 60.6 Å². The minimum atomic E-state index is -3.31. The zero-order valence-corrected chi connectivity index (χ0v) is 18.6. The summed E-state index contributed by atoms with van der Waals surface area (Å²) in [6.45, 7) is 0. The number of nitrogens with one attached hydrogen (secondary N) is 2. The topological polar surface area (TPSA) is 58.2 Å². The monoisotopic (exact) mass is 450 g/mol. The number of hydrogen-bond acceptors (Lipinski definition) is 3. The third-order valence-electron chi connectivity index (χ3n) is 6.68. The van der Waals surface area contributed by atoms with Gasteiger partial charge in [-0.1, -0.05) is 42.5 Å². The molecule has 2 aromatic rings. The summed E-state index contributed by atoms with van der Waals surface area (Å²) >= 11 is 0. The second-order valence-corrected chi connectivity index (χ2v) is 10.8. The molecule has 2 aliphatic carbocycles. The van der Waals surface area contributed by atoms with Crippen molar-refractivity contribution in [3.05, 3.63) is 59.4 Å². The van der Waals surface area contributed by atoms with E-state index in [2.05, 4.69) is 22.2 Å². The molecule has 2 heterocycles. The van der Waals surface area contributed by atoms with E-state index in [0.29, 0.717) is 35.4 Å². The van der Waals surface area contributed by atoms with Crippen LogP contribution in [0.5, 0.6) is 0 Å². The fraction of sp³-hybridized carbons (Fsp3) is 0.478. The van der Waals surface area contributed by atoms with Gasteiger partial charge in [0.2, 0.25) is 10.0 Å². The molecule has 0 spiro atoms. The van der Waals surface area contributed by atoms with Crippen molar-refractivity contribution in [2.45, 2.75) is 56.1 Å². The predicted octanol–water partition coefficient (Wildman–Crippen LogP) is 4.00. The van der Waals surface area contributed by atoms with Crippen molar-refractivity contribution in [1.29, 1.82) is 0 Å². The third kappa shape index (κ3) is 4.42. The summed E-state index contributed by atoms with van der Waals surface area (Å²) in [6, 6.07) is 13.9. The Bertz CT molecular complexity index is 1040. The highest BCUT2D eigenvalue weighted by Gasteiger charge is 2.46. The molecular weight excluding hydrogens is 423 g/mol. The molecule has 0 aromatic heterocycles. The average Bonchev–Trinajstić information content (AvgIpc) is 3.48. The summed E-state index contributed by atoms with van der Waals surface area (Å²) in [6.07, 6.45) is 6.08. The average molecular weight is 451 g/mol. The first-order valence-corrected chi connectivity index (χ1v) is 12.4. The first-order valence-electron chi connectivity index (χ1n) is 10.5. The molecule has 0 radical (unpaired) electrons. The normalized spacial score (nSPS) is 27.8. The minimum Gasteiger partial charge on any atom is -0.309 e. The maximum Gasteiger partial charge on any atom is 0.209 e. The maximum absolute atomic E-state index is 15.5.